The lowest BCUT2D eigenvalue weighted by Gasteiger charge is -2.36. The lowest BCUT2D eigenvalue weighted by Crippen LogP contribution is -2.42. The van der Waals surface area contributed by atoms with Gasteiger partial charge in [-0.15, -0.1) is 0 Å². The van der Waals surface area contributed by atoms with Crippen LogP contribution < -0.4 is 5.73 Å². The molecule has 20 heavy (non-hydrogen) atoms. The van der Waals surface area contributed by atoms with E-state index in [1.807, 2.05) is 19.1 Å². The van der Waals surface area contributed by atoms with Crippen molar-refractivity contribution in [2.75, 3.05) is 7.11 Å². The molecule has 2 rings (SSSR count). The molecule has 1 unspecified atom stereocenters. The maximum atomic E-state index is 6.48. The number of aromatic nitrogens is 1. The maximum Gasteiger partial charge on any atom is 0.0865 e. The van der Waals surface area contributed by atoms with Gasteiger partial charge in [0.15, 0.2) is 0 Å². The Morgan fingerprint density at radius 2 is 1.90 bits per heavy atom. The second-order valence-electron chi connectivity index (χ2n) is 5.36. The first-order valence-corrected chi connectivity index (χ1v) is 7.24. The van der Waals surface area contributed by atoms with Crippen molar-refractivity contribution < 1.29 is 4.74 Å². The second kappa shape index (κ2) is 5.90. The third kappa shape index (κ3) is 2.56. The fourth-order valence-corrected chi connectivity index (χ4v) is 2.85. The minimum atomic E-state index is -0.300. The van der Waals surface area contributed by atoms with Gasteiger partial charge in [0, 0.05) is 18.2 Å². The highest BCUT2D eigenvalue weighted by molar-refractivity contribution is 5.79. The molecule has 1 heterocycles. The first-order valence-electron chi connectivity index (χ1n) is 7.24. The third-order valence-electron chi connectivity index (χ3n) is 4.38. The molecule has 0 aliphatic carbocycles. The zero-order valence-corrected chi connectivity index (χ0v) is 12.8. The highest BCUT2D eigenvalue weighted by Gasteiger charge is 2.34. The number of nitrogens with two attached hydrogens (primary N) is 1. The summed E-state index contributed by atoms with van der Waals surface area (Å²) in [6.45, 7) is 6.25. The van der Waals surface area contributed by atoms with Gasteiger partial charge in [-0.2, -0.15) is 0 Å². The number of nitrogens with zero attached hydrogens (tertiary/aromatic N) is 1. The number of aryl methyl sites for hydroxylation is 1. The molecular formula is C17H24N2O. The van der Waals surface area contributed by atoms with Crippen molar-refractivity contribution in [2.24, 2.45) is 5.73 Å². The maximum absolute atomic E-state index is 6.48. The van der Waals surface area contributed by atoms with Gasteiger partial charge in [0.2, 0.25) is 0 Å². The monoisotopic (exact) mass is 272 g/mol. The van der Waals surface area contributed by atoms with Crippen LogP contribution >= 0.6 is 0 Å². The molecule has 0 fully saturated rings. The van der Waals surface area contributed by atoms with E-state index < -0.39 is 0 Å². The van der Waals surface area contributed by atoms with E-state index in [1.165, 1.54) is 0 Å². The minimum Gasteiger partial charge on any atom is -0.376 e. The zero-order valence-electron chi connectivity index (χ0n) is 12.8. The van der Waals surface area contributed by atoms with Crippen LogP contribution in [-0.2, 0) is 4.74 Å². The number of ether oxygens (including phenoxy) is 1. The lowest BCUT2D eigenvalue weighted by atomic mass is 9.84. The SMILES string of the molecule is CCC(CC)(OC)C(N)c1ccc2nc(C)ccc2c1. The van der Waals surface area contributed by atoms with Gasteiger partial charge in [-0.25, -0.2) is 0 Å². The Hall–Kier alpha value is -1.45. The van der Waals surface area contributed by atoms with Crippen LogP contribution in [0.15, 0.2) is 30.3 Å². The average molecular weight is 272 g/mol. The number of rotatable bonds is 5. The summed E-state index contributed by atoms with van der Waals surface area (Å²) in [6.07, 6.45) is 1.79. The number of methoxy groups -OCH3 is 1. The predicted octanol–water partition coefficient (Wildman–Crippen LogP) is 3.75. The molecule has 2 aromatic rings. The van der Waals surface area contributed by atoms with Crippen LogP contribution in [0.4, 0.5) is 0 Å². The molecule has 1 aromatic heterocycles. The molecule has 3 nitrogen and oxygen atoms in total. The van der Waals surface area contributed by atoms with E-state index in [1.54, 1.807) is 7.11 Å². The number of benzene rings is 1. The van der Waals surface area contributed by atoms with Crippen molar-refractivity contribution in [3.63, 3.8) is 0 Å². The van der Waals surface area contributed by atoms with Crippen molar-refractivity contribution >= 4 is 10.9 Å². The van der Waals surface area contributed by atoms with Crippen molar-refractivity contribution in [1.82, 2.24) is 4.98 Å². The van der Waals surface area contributed by atoms with Gasteiger partial charge >= 0.3 is 0 Å². The quantitative estimate of drug-likeness (QED) is 0.901. The predicted molar refractivity (Wildman–Crippen MR) is 83.7 cm³/mol. The standard InChI is InChI=1S/C17H24N2O/c1-5-17(6-2,20-4)16(18)14-9-10-15-13(11-14)8-7-12(3)19-15/h7-11,16H,5-6,18H2,1-4H3. The molecule has 0 saturated heterocycles. The summed E-state index contributed by atoms with van der Waals surface area (Å²) in [5.41, 5.74) is 9.33. The van der Waals surface area contributed by atoms with Gasteiger partial charge in [0.05, 0.1) is 17.2 Å². The Balaban J connectivity index is 2.44. The summed E-state index contributed by atoms with van der Waals surface area (Å²) in [5, 5.41) is 1.13. The van der Waals surface area contributed by atoms with Crippen LogP contribution in [-0.4, -0.2) is 17.7 Å². The van der Waals surface area contributed by atoms with E-state index in [0.717, 1.165) is 35.0 Å². The number of fused-ring (bicyclic) bond motifs is 1. The first-order chi connectivity index (χ1) is 9.56. The molecule has 108 valence electrons. The summed E-state index contributed by atoms with van der Waals surface area (Å²) in [4.78, 5) is 4.53. The fourth-order valence-electron chi connectivity index (χ4n) is 2.85. The normalized spacial score (nSPS) is 13.7. The molecule has 3 heteroatoms. The first kappa shape index (κ1) is 14.9. The van der Waals surface area contributed by atoms with Gasteiger partial charge in [0.1, 0.15) is 0 Å². The van der Waals surface area contributed by atoms with E-state index in [4.69, 9.17) is 10.5 Å². The van der Waals surface area contributed by atoms with Crippen LogP contribution in [0.5, 0.6) is 0 Å². The largest absolute Gasteiger partial charge is 0.376 e. The van der Waals surface area contributed by atoms with Crippen LogP contribution in [0.1, 0.15) is 44.0 Å². The highest BCUT2D eigenvalue weighted by atomic mass is 16.5. The fraction of sp³-hybridized carbons (Fsp3) is 0.471. The van der Waals surface area contributed by atoms with E-state index in [-0.39, 0.29) is 11.6 Å². The van der Waals surface area contributed by atoms with Gasteiger partial charge in [-0.3, -0.25) is 4.98 Å². The summed E-state index contributed by atoms with van der Waals surface area (Å²) in [6, 6.07) is 10.2. The van der Waals surface area contributed by atoms with E-state index >= 15 is 0 Å². The number of pyridine rings is 1. The van der Waals surface area contributed by atoms with Crippen LogP contribution in [0.3, 0.4) is 0 Å². The molecule has 0 saturated carbocycles. The Labute approximate surface area is 121 Å². The summed E-state index contributed by atoms with van der Waals surface area (Å²) >= 11 is 0. The Kier molecular flexibility index (Phi) is 4.41. The zero-order chi connectivity index (χ0) is 14.8. The van der Waals surface area contributed by atoms with Crippen LogP contribution in [0, 0.1) is 6.92 Å². The van der Waals surface area contributed by atoms with Gasteiger partial charge < -0.3 is 10.5 Å². The Morgan fingerprint density at radius 3 is 2.50 bits per heavy atom. The molecular weight excluding hydrogens is 248 g/mol. The molecule has 2 N–H and O–H groups in total. The average Bonchev–Trinajstić information content (AvgIpc) is 2.49. The molecule has 0 bridgehead atoms. The lowest BCUT2D eigenvalue weighted by molar-refractivity contribution is -0.0385. The van der Waals surface area contributed by atoms with Gasteiger partial charge in [0.25, 0.3) is 0 Å². The Bertz CT molecular complexity index is 582. The van der Waals surface area contributed by atoms with Crippen molar-refractivity contribution in [1.29, 1.82) is 0 Å². The van der Waals surface area contributed by atoms with Crippen LogP contribution in [0.25, 0.3) is 10.9 Å². The van der Waals surface area contributed by atoms with Crippen molar-refractivity contribution in [2.45, 2.75) is 45.3 Å². The summed E-state index contributed by atoms with van der Waals surface area (Å²) in [7, 11) is 1.75. The topological polar surface area (TPSA) is 48.1 Å². The second-order valence-corrected chi connectivity index (χ2v) is 5.36. The van der Waals surface area contributed by atoms with Gasteiger partial charge in [-0.1, -0.05) is 26.0 Å². The Morgan fingerprint density at radius 1 is 1.20 bits per heavy atom. The van der Waals surface area contributed by atoms with Crippen LogP contribution in [0.2, 0.25) is 0 Å². The summed E-state index contributed by atoms with van der Waals surface area (Å²) in [5.74, 6) is 0. The number of hydrogen-bond donors (Lipinski definition) is 1. The molecule has 0 aliphatic heterocycles. The molecule has 0 aliphatic rings. The smallest absolute Gasteiger partial charge is 0.0865 e. The van der Waals surface area contributed by atoms with E-state index in [2.05, 4.69) is 37.0 Å². The van der Waals surface area contributed by atoms with E-state index in [9.17, 15) is 0 Å². The van der Waals surface area contributed by atoms with Gasteiger partial charge in [-0.05, 0) is 43.5 Å². The van der Waals surface area contributed by atoms with Crippen molar-refractivity contribution in [3.8, 4) is 0 Å². The molecule has 0 radical (unpaired) electrons. The van der Waals surface area contributed by atoms with Crippen molar-refractivity contribution in [3.05, 3.63) is 41.6 Å². The third-order valence-corrected chi connectivity index (χ3v) is 4.38. The minimum absolute atomic E-state index is 0.131. The molecule has 1 aromatic carbocycles. The van der Waals surface area contributed by atoms with E-state index in [0.29, 0.717) is 0 Å². The molecule has 0 amide bonds. The highest BCUT2D eigenvalue weighted by Crippen LogP contribution is 2.34. The number of hydrogen-bond acceptors (Lipinski definition) is 3. The molecule has 0 spiro atoms. The molecule has 1 atom stereocenters. The summed E-state index contributed by atoms with van der Waals surface area (Å²) < 4.78 is 5.74.